The zero-order valence-electron chi connectivity index (χ0n) is 15.1. The van der Waals surface area contributed by atoms with E-state index in [1.807, 2.05) is 42.5 Å². The molecule has 5 heteroatoms. The van der Waals surface area contributed by atoms with Crippen LogP contribution in [0, 0.1) is 5.92 Å². The number of benzene rings is 2. The van der Waals surface area contributed by atoms with Crippen LogP contribution in [-0.4, -0.2) is 18.4 Å². The van der Waals surface area contributed by atoms with Crippen molar-refractivity contribution in [3.63, 3.8) is 0 Å². The summed E-state index contributed by atoms with van der Waals surface area (Å²) in [6, 6.07) is 13.7. The maximum Gasteiger partial charge on any atom is 0.229 e. The summed E-state index contributed by atoms with van der Waals surface area (Å²) < 4.78 is 0.860. The molecule has 1 unspecified atom stereocenters. The fraction of sp³-hybridized carbons (Fsp3) is 0.333. The lowest BCUT2D eigenvalue weighted by atomic mass is 10.0. The highest BCUT2D eigenvalue weighted by Crippen LogP contribution is 2.32. The SMILES string of the molecule is CCc1cccc(CC)c1NC(=O)C1CC(=O)N(c2ccccc2Br)C1. The molecule has 0 spiro atoms. The van der Waals surface area contributed by atoms with Crippen molar-refractivity contribution in [2.75, 3.05) is 16.8 Å². The molecule has 1 aliphatic heterocycles. The van der Waals surface area contributed by atoms with Crippen molar-refractivity contribution >= 4 is 39.1 Å². The van der Waals surface area contributed by atoms with E-state index in [0.29, 0.717) is 6.54 Å². The van der Waals surface area contributed by atoms with Gasteiger partial charge in [0.2, 0.25) is 11.8 Å². The number of carbonyl (C=O) groups is 2. The molecule has 4 nitrogen and oxygen atoms in total. The number of halogens is 1. The van der Waals surface area contributed by atoms with Crippen LogP contribution < -0.4 is 10.2 Å². The molecule has 0 aromatic heterocycles. The Bertz CT molecular complexity index is 812. The number of aryl methyl sites for hydroxylation is 2. The molecule has 0 saturated carbocycles. The quantitative estimate of drug-likeness (QED) is 0.778. The van der Waals surface area contributed by atoms with Crippen LogP contribution in [-0.2, 0) is 22.4 Å². The van der Waals surface area contributed by atoms with Crippen LogP contribution in [0.2, 0.25) is 0 Å². The Morgan fingerprint density at radius 1 is 1.12 bits per heavy atom. The third-order valence-electron chi connectivity index (χ3n) is 4.89. The van der Waals surface area contributed by atoms with E-state index in [1.165, 1.54) is 0 Å². The molecule has 26 heavy (non-hydrogen) atoms. The van der Waals surface area contributed by atoms with Crippen molar-refractivity contribution in [3.05, 3.63) is 58.1 Å². The first-order valence-electron chi connectivity index (χ1n) is 9.01. The molecule has 0 aliphatic carbocycles. The van der Waals surface area contributed by atoms with E-state index < -0.39 is 0 Å². The van der Waals surface area contributed by atoms with E-state index in [4.69, 9.17) is 0 Å². The second-order valence-electron chi connectivity index (χ2n) is 6.50. The fourth-order valence-electron chi connectivity index (χ4n) is 3.42. The van der Waals surface area contributed by atoms with Crippen LogP contribution in [0.25, 0.3) is 0 Å². The van der Waals surface area contributed by atoms with E-state index in [9.17, 15) is 9.59 Å². The first-order chi connectivity index (χ1) is 12.5. The molecule has 3 rings (SSSR count). The Hall–Kier alpha value is -2.14. The van der Waals surface area contributed by atoms with Gasteiger partial charge in [0.15, 0.2) is 0 Å². The van der Waals surface area contributed by atoms with E-state index in [-0.39, 0.29) is 24.2 Å². The largest absolute Gasteiger partial charge is 0.325 e. The van der Waals surface area contributed by atoms with E-state index in [0.717, 1.165) is 39.8 Å². The van der Waals surface area contributed by atoms with Crippen molar-refractivity contribution in [1.82, 2.24) is 0 Å². The number of nitrogens with zero attached hydrogens (tertiary/aromatic N) is 1. The molecular weight excluding hydrogens is 392 g/mol. The number of anilines is 2. The lowest BCUT2D eigenvalue weighted by Gasteiger charge is -2.19. The van der Waals surface area contributed by atoms with Crippen molar-refractivity contribution in [1.29, 1.82) is 0 Å². The normalized spacial score (nSPS) is 16.8. The monoisotopic (exact) mass is 414 g/mol. The maximum absolute atomic E-state index is 12.9. The van der Waals surface area contributed by atoms with Gasteiger partial charge in [0.1, 0.15) is 0 Å². The Kier molecular flexibility index (Phi) is 5.77. The second-order valence-corrected chi connectivity index (χ2v) is 7.36. The van der Waals surface area contributed by atoms with Crippen LogP contribution >= 0.6 is 15.9 Å². The lowest BCUT2D eigenvalue weighted by molar-refractivity contribution is -0.122. The number of hydrogen-bond donors (Lipinski definition) is 1. The molecule has 1 fully saturated rings. The number of amides is 2. The molecule has 0 radical (unpaired) electrons. The number of rotatable bonds is 5. The summed E-state index contributed by atoms with van der Waals surface area (Å²) in [5.74, 6) is -0.440. The van der Waals surface area contributed by atoms with Gasteiger partial charge >= 0.3 is 0 Å². The Morgan fingerprint density at radius 2 is 1.77 bits per heavy atom. The molecule has 0 bridgehead atoms. The molecule has 2 aromatic carbocycles. The van der Waals surface area contributed by atoms with Crippen LogP contribution in [0.4, 0.5) is 11.4 Å². The lowest BCUT2D eigenvalue weighted by Crippen LogP contribution is -2.28. The van der Waals surface area contributed by atoms with Gasteiger partial charge in [0, 0.05) is 23.1 Å². The summed E-state index contributed by atoms with van der Waals surface area (Å²) in [6.45, 7) is 4.57. The van der Waals surface area contributed by atoms with Gasteiger partial charge in [-0.1, -0.05) is 44.2 Å². The summed E-state index contributed by atoms with van der Waals surface area (Å²) in [5.41, 5.74) is 3.99. The van der Waals surface area contributed by atoms with Crippen LogP contribution in [0.15, 0.2) is 46.9 Å². The summed E-state index contributed by atoms with van der Waals surface area (Å²) in [7, 11) is 0. The second kappa shape index (κ2) is 8.04. The molecule has 1 saturated heterocycles. The Morgan fingerprint density at radius 3 is 2.38 bits per heavy atom. The van der Waals surface area contributed by atoms with Crippen molar-refractivity contribution in [2.24, 2.45) is 5.92 Å². The highest BCUT2D eigenvalue weighted by molar-refractivity contribution is 9.10. The van der Waals surface area contributed by atoms with Gasteiger partial charge in [-0.3, -0.25) is 9.59 Å². The summed E-state index contributed by atoms with van der Waals surface area (Å²) in [6.07, 6.45) is 1.95. The minimum atomic E-state index is -0.343. The van der Waals surface area contributed by atoms with E-state index in [1.54, 1.807) is 4.90 Å². The van der Waals surface area contributed by atoms with Gasteiger partial charge in [0.05, 0.1) is 11.6 Å². The summed E-state index contributed by atoms with van der Waals surface area (Å²) in [5, 5.41) is 3.10. The average molecular weight is 415 g/mol. The predicted molar refractivity (Wildman–Crippen MR) is 108 cm³/mol. The topological polar surface area (TPSA) is 49.4 Å². The summed E-state index contributed by atoms with van der Waals surface area (Å²) in [4.78, 5) is 27.0. The third-order valence-corrected chi connectivity index (χ3v) is 5.56. The van der Waals surface area contributed by atoms with Gasteiger partial charge in [-0.2, -0.15) is 0 Å². The van der Waals surface area contributed by atoms with Crippen molar-refractivity contribution in [2.45, 2.75) is 33.1 Å². The maximum atomic E-state index is 12.9. The zero-order chi connectivity index (χ0) is 18.7. The van der Waals surface area contributed by atoms with E-state index in [2.05, 4.69) is 35.1 Å². The van der Waals surface area contributed by atoms with Crippen LogP contribution in [0.1, 0.15) is 31.4 Å². The Balaban J connectivity index is 1.78. The first-order valence-corrected chi connectivity index (χ1v) is 9.81. The predicted octanol–water partition coefficient (Wildman–Crippen LogP) is 4.57. The highest BCUT2D eigenvalue weighted by Gasteiger charge is 2.36. The van der Waals surface area contributed by atoms with Gasteiger partial charge in [-0.15, -0.1) is 0 Å². The van der Waals surface area contributed by atoms with Crippen LogP contribution in [0.5, 0.6) is 0 Å². The highest BCUT2D eigenvalue weighted by atomic mass is 79.9. The van der Waals surface area contributed by atoms with Crippen molar-refractivity contribution < 1.29 is 9.59 Å². The fourth-order valence-corrected chi connectivity index (χ4v) is 3.91. The van der Waals surface area contributed by atoms with Gasteiger partial charge in [-0.05, 0) is 52.0 Å². The average Bonchev–Trinajstić information content (AvgIpc) is 3.04. The van der Waals surface area contributed by atoms with E-state index >= 15 is 0 Å². The molecule has 1 heterocycles. The van der Waals surface area contributed by atoms with Gasteiger partial charge < -0.3 is 10.2 Å². The smallest absolute Gasteiger partial charge is 0.229 e. The molecule has 2 amide bonds. The molecule has 1 aliphatic rings. The van der Waals surface area contributed by atoms with Crippen molar-refractivity contribution in [3.8, 4) is 0 Å². The zero-order valence-corrected chi connectivity index (χ0v) is 16.7. The first kappa shape index (κ1) is 18.6. The number of carbonyl (C=O) groups excluding carboxylic acids is 2. The van der Waals surface area contributed by atoms with Crippen LogP contribution in [0.3, 0.4) is 0 Å². The number of para-hydroxylation sites is 2. The standard InChI is InChI=1S/C21H23BrN2O2/c1-3-14-8-7-9-15(4-2)20(14)23-21(26)16-12-19(25)24(13-16)18-11-6-5-10-17(18)22/h5-11,16H,3-4,12-13H2,1-2H3,(H,23,26). The summed E-state index contributed by atoms with van der Waals surface area (Å²) >= 11 is 3.49. The molecule has 2 aromatic rings. The third kappa shape index (κ3) is 3.68. The van der Waals surface area contributed by atoms with Gasteiger partial charge in [-0.25, -0.2) is 0 Å². The number of hydrogen-bond acceptors (Lipinski definition) is 2. The Labute approximate surface area is 162 Å². The minimum absolute atomic E-state index is 0.0171. The molecular formula is C21H23BrN2O2. The minimum Gasteiger partial charge on any atom is -0.325 e. The number of nitrogens with one attached hydrogen (secondary N) is 1. The molecule has 136 valence electrons. The molecule has 1 N–H and O–H groups in total. The molecule has 1 atom stereocenters. The van der Waals surface area contributed by atoms with Gasteiger partial charge in [0.25, 0.3) is 0 Å².